The van der Waals surface area contributed by atoms with Crippen molar-refractivity contribution in [1.29, 1.82) is 0 Å². The number of methoxy groups -OCH3 is 2. The second-order valence-electron chi connectivity index (χ2n) is 8.59. The summed E-state index contributed by atoms with van der Waals surface area (Å²) in [5.74, 6) is -1.87. The average molecular weight is 555 g/mol. The fraction of sp³-hybridized carbons (Fsp3) is 0.250. The number of carboxylic acid groups (broad SMARTS) is 1. The van der Waals surface area contributed by atoms with Gasteiger partial charge in [0.05, 0.1) is 25.5 Å². The molecule has 0 aromatic heterocycles. The minimum Gasteiger partial charge on any atom is -0.496 e. The van der Waals surface area contributed by atoms with E-state index in [9.17, 15) is 19.5 Å². The number of nitrogens with one attached hydrogen (secondary N) is 1. The zero-order valence-corrected chi connectivity index (χ0v) is 22.0. The number of nitrogens with zero attached hydrogens (tertiary/aromatic N) is 1. The molecule has 0 radical (unpaired) electrons. The molecule has 4 rings (SSSR count). The van der Waals surface area contributed by atoms with Crippen molar-refractivity contribution in [3.63, 3.8) is 0 Å². The normalized spacial score (nSPS) is 17.2. The van der Waals surface area contributed by atoms with Gasteiger partial charge in [-0.25, -0.2) is 9.21 Å². The summed E-state index contributed by atoms with van der Waals surface area (Å²) in [6, 6.07) is 19.9. The van der Waals surface area contributed by atoms with Crippen molar-refractivity contribution in [3.8, 4) is 22.6 Å². The highest BCUT2D eigenvalue weighted by atomic mass is 35.5. The number of benzene rings is 3. The fourth-order valence-corrected chi connectivity index (χ4v) is 4.44. The lowest BCUT2D eigenvalue weighted by Gasteiger charge is -2.22. The third kappa shape index (κ3) is 6.31. The van der Waals surface area contributed by atoms with Crippen molar-refractivity contribution < 1.29 is 38.4 Å². The number of rotatable bonds is 10. The van der Waals surface area contributed by atoms with E-state index in [2.05, 4.69) is 5.32 Å². The number of hydrogen-bond acceptors (Lipinski definition) is 7. The molecule has 39 heavy (non-hydrogen) atoms. The molecule has 0 saturated carbocycles. The lowest BCUT2D eigenvalue weighted by Crippen LogP contribution is -2.52. The van der Waals surface area contributed by atoms with E-state index in [1.54, 1.807) is 42.5 Å². The third-order valence-corrected chi connectivity index (χ3v) is 6.49. The monoisotopic (exact) mass is 554 g/mol. The quantitative estimate of drug-likeness (QED) is 0.365. The van der Waals surface area contributed by atoms with Crippen LogP contribution in [-0.2, 0) is 30.3 Å². The van der Waals surface area contributed by atoms with Gasteiger partial charge in [-0.15, -0.1) is 0 Å². The van der Waals surface area contributed by atoms with Gasteiger partial charge in [0.15, 0.2) is 12.2 Å². The van der Waals surface area contributed by atoms with E-state index in [0.29, 0.717) is 28.3 Å². The van der Waals surface area contributed by atoms with E-state index < -0.39 is 36.0 Å². The van der Waals surface area contributed by atoms with Crippen LogP contribution < -0.4 is 19.2 Å². The molecule has 1 heterocycles. The molecule has 3 aromatic carbocycles. The van der Waals surface area contributed by atoms with Gasteiger partial charge in [0.1, 0.15) is 24.3 Å². The number of carboxylic acids is 1. The van der Waals surface area contributed by atoms with Crippen molar-refractivity contribution >= 4 is 35.2 Å². The van der Waals surface area contributed by atoms with Crippen LogP contribution in [0.5, 0.6) is 11.5 Å². The molecule has 3 aromatic rings. The summed E-state index contributed by atoms with van der Waals surface area (Å²) >= 11 is 6.18. The SMILES string of the molecule is COc1cc(CC(NC(=O)[C@@H]2OCO[C@H]2C(=O)N(Cl)c2ccccc2)C(=O)O)cc(OC)c1-c1ccccc1. The Labute approximate surface area is 230 Å². The van der Waals surface area contributed by atoms with Gasteiger partial charge in [-0.1, -0.05) is 48.5 Å². The molecular weight excluding hydrogens is 528 g/mol. The maximum absolute atomic E-state index is 13.1. The molecular formula is C28H27ClN2O8. The first-order valence-corrected chi connectivity index (χ1v) is 12.3. The summed E-state index contributed by atoms with van der Waals surface area (Å²) in [6.07, 6.45) is -2.85. The highest BCUT2D eigenvalue weighted by molar-refractivity contribution is 6.37. The highest BCUT2D eigenvalue weighted by Gasteiger charge is 2.43. The largest absolute Gasteiger partial charge is 0.496 e. The molecule has 1 aliphatic heterocycles. The number of amides is 2. The molecule has 0 bridgehead atoms. The Morgan fingerprint density at radius 2 is 1.54 bits per heavy atom. The van der Waals surface area contributed by atoms with E-state index in [1.165, 1.54) is 14.2 Å². The number of halogens is 1. The van der Waals surface area contributed by atoms with E-state index in [4.69, 9.17) is 30.7 Å². The van der Waals surface area contributed by atoms with Gasteiger partial charge in [-0.2, -0.15) is 0 Å². The van der Waals surface area contributed by atoms with Crippen LogP contribution in [0.4, 0.5) is 5.69 Å². The first-order valence-electron chi connectivity index (χ1n) is 12.0. The van der Waals surface area contributed by atoms with Crippen molar-refractivity contribution in [2.24, 2.45) is 0 Å². The van der Waals surface area contributed by atoms with E-state index in [1.807, 2.05) is 30.3 Å². The number of para-hydroxylation sites is 1. The highest BCUT2D eigenvalue weighted by Crippen LogP contribution is 2.39. The molecule has 1 fully saturated rings. The van der Waals surface area contributed by atoms with Crippen LogP contribution in [0, 0.1) is 0 Å². The van der Waals surface area contributed by atoms with Gasteiger partial charge in [-0.05, 0) is 35.4 Å². The second kappa shape index (κ2) is 12.6. The van der Waals surface area contributed by atoms with Crippen molar-refractivity contribution in [1.82, 2.24) is 5.32 Å². The summed E-state index contributed by atoms with van der Waals surface area (Å²) in [5, 5.41) is 12.3. The van der Waals surface area contributed by atoms with Gasteiger partial charge in [0, 0.05) is 18.2 Å². The lowest BCUT2D eigenvalue weighted by atomic mass is 9.98. The Balaban J connectivity index is 1.52. The number of hydrogen-bond donors (Lipinski definition) is 2. The standard InChI is InChI=1S/C28H27ClN2O8/c1-36-21-14-17(15-22(37-2)23(21)18-9-5-3-6-10-18)13-20(28(34)35)30-26(32)24-25(39-16-38-24)27(33)31(29)19-11-7-4-8-12-19/h3-12,14-15,20,24-25H,13,16H2,1-2H3,(H,30,32)(H,34,35)/t20?,24-,25-/m1/s1. The number of carbonyl (C=O) groups excluding carboxylic acids is 2. The Hall–Kier alpha value is -4.12. The average Bonchev–Trinajstić information content (AvgIpc) is 3.46. The number of aliphatic carboxylic acids is 1. The van der Waals surface area contributed by atoms with Gasteiger partial charge in [0.25, 0.3) is 11.8 Å². The predicted molar refractivity (Wildman–Crippen MR) is 143 cm³/mol. The van der Waals surface area contributed by atoms with Crippen LogP contribution in [0.1, 0.15) is 5.56 Å². The minimum absolute atomic E-state index is 0.0965. The molecule has 0 aliphatic carbocycles. The summed E-state index contributed by atoms with van der Waals surface area (Å²) in [4.78, 5) is 38.1. The Kier molecular flexibility index (Phi) is 9.03. The molecule has 204 valence electrons. The van der Waals surface area contributed by atoms with Crippen LogP contribution in [0.25, 0.3) is 11.1 Å². The maximum Gasteiger partial charge on any atom is 0.326 e. The van der Waals surface area contributed by atoms with E-state index in [-0.39, 0.29) is 13.2 Å². The van der Waals surface area contributed by atoms with Gasteiger partial charge < -0.3 is 29.4 Å². The van der Waals surface area contributed by atoms with Crippen LogP contribution in [0.15, 0.2) is 72.8 Å². The van der Waals surface area contributed by atoms with Gasteiger partial charge in [0.2, 0.25) is 0 Å². The number of carbonyl (C=O) groups is 3. The first-order chi connectivity index (χ1) is 18.8. The summed E-state index contributed by atoms with van der Waals surface area (Å²) < 4.78 is 22.7. The summed E-state index contributed by atoms with van der Waals surface area (Å²) in [5.41, 5.74) is 2.49. The zero-order chi connectivity index (χ0) is 27.9. The van der Waals surface area contributed by atoms with E-state index >= 15 is 0 Å². The maximum atomic E-state index is 13.1. The molecule has 0 spiro atoms. The molecule has 3 atom stereocenters. The zero-order valence-electron chi connectivity index (χ0n) is 21.2. The Morgan fingerprint density at radius 1 is 0.974 bits per heavy atom. The second-order valence-corrected chi connectivity index (χ2v) is 8.93. The molecule has 11 heteroatoms. The lowest BCUT2D eigenvalue weighted by molar-refractivity contribution is -0.144. The smallest absolute Gasteiger partial charge is 0.326 e. The van der Waals surface area contributed by atoms with Gasteiger partial charge >= 0.3 is 5.97 Å². The van der Waals surface area contributed by atoms with Crippen molar-refractivity contribution in [2.75, 3.05) is 25.4 Å². The van der Waals surface area contributed by atoms with Crippen LogP contribution in [0.3, 0.4) is 0 Å². The fourth-order valence-electron chi connectivity index (χ4n) is 4.24. The first kappa shape index (κ1) is 27.9. The Bertz CT molecular complexity index is 1300. The third-order valence-electron chi connectivity index (χ3n) is 6.13. The molecule has 1 unspecified atom stereocenters. The van der Waals surface area contributed by atoms with Crippen LogP contribution in [0.2, 0.25) is 0 Å². The summed E-state index contributed by atoms with van der Waals surface area (Å²) in [6.45, 7) is -0.332. The summed E-state index contributed by atoms with van der Waals surface area (Å²) in [7, 11) is 3.01. The topological polar surface area (TPSA) is 124 Å². The molecule has 1 saturated heterocycles. The van der Waals surface area contributed by atoms with E-state index in [0.717, 1.165) is 9.98 Å². The van der Waals surface area contributed by atoms with Crippen LogP contribution in [-0.4, -0.2) is 62.2 Å². The van der Waals surface area contributed by atoms with Gasteiger partial charge in [-0.3, -0.25) is 9.59 Å². The number of anilines is 1. The van der Waals surface area contributed by atoms with Crippen molar-refractivity contribution in [3.05, 3.63) is 78.4 Å². The van der Waals surface area contributed by atoms with Crippen molar-refractivity contribution in [2.45, 2.75) is 24.7 Å². The predicted octanol–water partition coefficient (Wildman–Crippen LogP) is 3.41. The Morgan fingerprint density at radius 3 is 2.10 bits per heavy atom. The molecule has 2 N–H and O–H groups in total. The molecule has 10 nitrogen and oxygen atoms in total. The molecule has 1 aliphatic rings. The number of ether oxygens (including phenoxy) is 4. The minimum atomic E-state index is -1.39. The molecule has 2 amide bonds. The van der Waals surface area contributed by atoms with Crippen LogP contribution >= 0.6 is 11.8 Å².